The number of aromatic nitrogens is 7. The van der Waals surface area contributed by atoms with Gasteiger partial charge in [-0.05, 0) is 60.0 Å². The second-order valence-corrected chi connectivity index (χ2v) is 9.33. The van der Waals surface area contributed by atoms with E-state index in [4.69, 9.17) is 5.73 Å². The first-order valence-corrected chi connectivity index (χ1v) is 11.7. The van der Waals surface area contributed by atoms with Crippen molar-refractivity contribution in [3.63, 3.8) is 0 Å². The van der Waals surface area contributed by atoms with E-state index in [0.29, 0.717) is 17.3 Å². The van der Waals surface area contributed by atoms with Crippen molar-refractivity contribution in [3.8, 4) is 22.6 Å². The maximum Gasteiger partial charge on any atom is 0.229 e. The van der Waals surface area contributed by atoms with Crippen LogP contribution in [0.3, 0.4) is 0 Å². The minimum atomic E-state index is -0.0730. The highest BCUT2D eigenvalue weighted by Gasteiger charge is 2.44. The molecule has 0 bridgehead atoms. The number of fused-ring (bicyclic) bond motifs is 1. The van der Waals surface area contributed by atoms with Crippen LogP contribution in [0.1, 0.15) is 23.5 Å². The Morgan fingerprint density at radius 3 is 2.64 bits per heavy atom. The van der Waals surface area contributed by atoms with Gasteiger partial charge in [-0.1, -0.05) is 0 Å². The molecular weight excluding hydrogens is 454 g/mol. The Morgan fingerprint density at radius 2 is 1.92 bits per heavy atom. The van der Waals surface area contributed by atoms with Crippen molar-refractivity contribution in [2.45, 2.75) is 19.3 Å². The molecule has 6 rings (SSSR count). The van der Waals surface area contributed by atoms with Gasteiger partial charge in [0, 0.05) is 55.8 Å². The van der Waals surface area contributed by atoms with Gasteiger partial charge in [-0.3, -0.25) is 19.1 Å². The van der Waals surface area contributed by atoms with Crippen LogP contribution in [0.2, 0.25) is 0 Å². The largest absolute Gasteiger partial charge is 0.383 e. The van der Waals surface area contributed by atoms with E-state index in [2.05, 4.69) is 30.5 Å². The lowest BCUT2D eigenvalue weighted by atomic mass is 10.0. The molecule has 10 nitrogen and oxygen atoms in total. The zero-order valence-corrected chi connectivity index (χ0v) is 20.2. The van der Waals surface area contributed by atoms with Crippen molar-refractivity contribution in [2.24, 2.45) is 20.0 Å². The number of nitrogens with zero attached hydrogens (tertiary/aromatic N) is 7. The van der Waals surface area contributed by atoms with Gasteiger partial charge in [0.15, 0.2) is 0 Å². The van der Waals surface area contributed by atoms with Crippen molar-refractivity contribution in [3.05, 3.63) is 66.4 Å². The van der Waals surface area contributed by atoms with Crippen molar-refractivity contribution < 1.29 is 4.79 Å². The fourth-order valence-electron chi connectivity index (χ4n) is 4.60. The summed E-state index contributed by atoms with van der Waals surface area (Å²) in [6.07, 6.45) is 9.93. The summed E-state index contributed by atoms with van der Waals surface area (Å²) in [5.74, 6) is 0.954. The third-order valence-corrected chi connectivity index (χ3v) is 6.64. The van der Waals surface area contributed by atoms with E-state index in [0.717, 1.165) is 45.3 Å². The summed E-state index contributed by atoms with van der Waals surface area (Å²) >= 11 is 0. The van der Waals surface area contributed by atoms with Gasteiger partial charge >= 0.3 is 0 Å². The van der Waals surface area contributed by atoms with E-state index in [9.17, 15) is 4.79 Å². The number of nitrogens with two attached hydrogens (primary N) is 1. The summed E-state index contributed by atoms with van der Waals surface area (Å²) in [5, 5.41) is 13.2. The molecule has 1 amide bonds. The van der Waals surface area contributed by atoms with Crippen molar-refractivity contribution in [2.75, 3.05) is 11.1 Å². The summed E-state index contributed by atoms with van der Waals surface area (Å²) in [7, 11) is 3.75. The molecule has 0 aliphatic heterocycles. The van der Waals surface area contributed by atoms with Crippen LogP contribution in [0.5, 0.6) is 0 Å². The van der Waals surface area contributed by atoms with Crippen LogP contribution in [0.25, 0.3) is 33.4 Å². The smallest absolute Gasteiger partial charge is 0.229 e. The Balaban J connectivity index is 1.26. The molecule has 1 aliphatic carbocycles. The number of nitrogens with one attached hydrogen (secondary N) is 1. The number of anilines is 2. The summed E-state index contributed by atoms with van der Waals surface area (Å²) in [6, 6.07) is 7.70. The van der Waals surface area contributed by atoms with E-state index < -0.39 is 0 Å². The maximum absolute atomic E-state index is 12.8. The van der Waals surface area contributed by atoms with E-state index >= 15 is 0 Å². The molecule has 5 aromatic heterocycles. The maximum atomic E-state index is 12.8. The summed E-state index contributed by atoms with van der Waals surface area (Å²) in [4.78, 5) is 26.4. The van der Waals surface area contributed by atoms with Gasteiger partial charge in [-0.15, -0.1) is 0 Å². The van der Waals surface area contributed by atoms with Crippen LogP contribution in [0, 0.1) is 12.8 Å². The van der Waals surface area contributed by atoms with Gasteiger partial charge in [0.2, 0.25) is 5.91 Å². The number of carbonyl (C=O) groups excluding carboxylic acids is 1. The third-order valence-electron chi connectivity index (χ3n) is 6.64. The fourth-order valence-corrected chi connectivity index (χ4v) is 4.60. The zero-order valence-electron chi connectivity index (χ0n) is 20.2. The quantitative estimate of drug-likeness (QED) is 0.395. The highest BCUT2D eigenvalue weighted by Crippen LogP contribution is 2.47. The van der Waals surface area contributed by atoms with Crippen molar-refractivity contribution in [1.29, 1.82) is 0 Å². The number of nitrogen functional groups attached to an aromatic ring is 1. The molecule has 0 aromatic carbocycles. The number of carbonyl (C=O) groups is 1. The fraction of sp³-hybridized carbons (Fsp3) is 0.231. The molecule has 1 fully saturated rings. The van der Waals surface area contributed by atoms with Crippen molar-refractivity contribution >= 4 is 28.3 Å². The normalized spacial score (nSPS) is 16.9. The second-order valence-electron chi connectivity index (χ2n) is 9.33. The number of pyridine rings is 3. The molecule has 0 radical (unpaired) electrons. The molecule has 3 N–H and O–H groups in total. The number of hydrogen-bond donors (Lipinski definition) is 2. The standard InChI is InChI=1S/C26H25N9O/c1-14-6-23(21-4-5-34(2)33-21)28-11-19(14)22-7-15-8-24(29-12-20(15)25(27)31-22)32-26(36)18-9-17(18)16-10-30-35(3)13-16/h4-8,10-13,17-18H,9H2,1-3H3,(H2,27,31)(H,29,32,36)/t17-,18+/m0/s1. The Kier molecular flexibility index (Phi) is 5.03. The predicted octanol–water partition coefficient (Wildman–Crippen LogP) is 3.46. The predicted molar refractivity (Wildman–Crippen MR) is 137 cm³/mol. The van der Waals surface area contributed by atoms with Gasteiger partial charge in [-0.25, -0.2) is 9.97 Å². The average Bonchev–Trinajstić information content (AvgIpc) is 3.35. The molecule has 36 heavy (non-hydrogen) atoms. The Labute approximate surface area is 207 Å². The van der Waals surface area contributed by atoms with Crippen molar-refractivity contribution in [1.82, 2.24) is 34.5 Å². The van der Waals surface area contributed by atoms with Gasteiger partial charge in [0.1, 0.15) is 17.3 Å². The van der Waals surface area contributed by atoms with Gasteiger partial charge in [0.25, 0.3) is 0 Å². The lowest BCUT2D eigenvalue weighted by Gasteiger charge is -2.11. The third kappa shape index (κ3) is 3.96. The van der Waals surface area contributed by atoms with E-state index in [-0.39, 0.29) is 17.7 Å². The highest BCUT2D eigenvalue weighted by atomic mass is 16.2. The number of amides is 1. The molecule has 0 unspecified atom stereocenters. The Hall–Kier alpha value is -4.60. The number of hydrogen-bond acceptors (Lipinski definition) is 7. The molecule has 0 spiro atoms. The number of aryl methyl sites for hydroxylation is 3. The lowest BCUT2D eigenvalue weighted by molar-refractivity contribution is -0.117. The first kappa shape index (κ1) is 21.9. The molecule has 180 valence electrons. The van der Waals surface area contributed by atoms with Crippen LogP contribution in [0.15, 0.2) is 55.2 Å². The molecular formula is C26H25N9O. The van der Waals surface area contributed by atoms with Crippen LogP contribution in [0.4, 0.5) is 11.6 Å². The second kappa shape index (κ2) is 8.26. The lowest BCUT2D eigenvalue weighted by Crippen LogP contribution is -2.15. The molecule has 1 aliphatic rings. The van der Waals surface area contributed by atoms with Crippen LogP contribution in [-0.4, -0.2) is 40.4 Å². The average molecular weight is 480 g/mol. The summed E-state index contributed by atoms with van der Waals surface area (Å²) < 4.78 is 3.51. The number of rotatable bonds is 5. The van der Waals surface area contributed by atoms with Gasteiger partial charge in [-0.2, -0.15) is 10.2 Å². The monoisotopic (exact) mass is 479 g/mol. The first-order valence-electron chi connectivity index (χ1n) is 11.7. The van der Waals surface area contributed by atoms with Crippen LogP contribution in [-0.2, 0) is 18.9 Å². The van der Waals surface area contributed by atoms with Gasteiger partial charge < -0.3 is 11.1 Å². The molecule has 2 atom stereocenters. The van der Waals surface area contributed by atoms with E-state index in [1.54, 1.807) is 21.8 Å². The van der Waals surface area contributed by atoms with Gasteiger partial charge in [0.05, 0.1) is 17.6 Å². The molecule has 10 heteroatoms. The van der Waals surface area contributed by atoms with Crippen LogP contribution < -0.4 is 11.1 Å². The van der Waals surface area contributed by atoms with Crippen LogP contribution >= 0.6 is 0 Å². The highest BCUT2D eigenvalue weighted by molar-refractivity contribution is 5.98. The Morgan fingerprint density at radius 1 is 1.06 bits per heavy atom. The summed E-state index contributed by atoms with van der Waals surface area (Å²) in [5.41, 5.74) is 11.6. The minimum Gasteiger partial charge on any atom is -0.383 e. The van der Waals surface area contributed by atoms with E-state index in [1.165, 1.54) is 0 Å². The zero-order chi connectivity index (χ0) is 25.0. The Bertz CT molecular complexity index is 1630. The molecule has 0 saturated heterocycles. The topological polar surface area (TPSA) is 129 Å². The molecule has 5 aromatic rings. The minimum absolute atomic E-state index is 0.0388. The summed E-state index contributed by atoms with van der Waals surface area (Å²) in [6.45, 7) is 2.01. The van der Waals surface area contributed by atoms with E-state index in [1.807, 2.05) is 63.9 Å². The SMILES string of the molecule is Cc1cc(-c2ccn(C)n2)ncc1-c1cc2cc(NC(=O)[C@@H]3C[C@H]3c3cnn(C)c3)ncc2c(N)n1. The molecule has 1 saturated carbocycles. The molecule has 5 heterocycles. The first-order chi connectivity index (χ1) is 17.4.